The molecule has 0 N–H and O–H groups in total. The maximum Gasteiger partial charge on any atom is 0.216 e. The quantitative estimate of drug-likeness (QED) is 0.303. The van der Waals surface area contributed by atoms with E-state index in [1.54, 1.807) is 0 Å². The van der Waals surface area contributed by atoms with Crippen LogP contribution in [0.4, 0.5) is 0 Å². The molecule has 1 nitrogen and oxygen atoms in total. The molecule has 0 rings (SSSR count). The van der Waals surface area contributed by atoms with Crippen molar-refractivity contribution in [2.75, 3.05) is 0 Å². The summed E-state index contributed by atoms with van der Waals surface area (Å²) in [5.41, 5.74) is 1.00. The Morgan fingerprint density at radius 2 is 2.25 bits per heavy atom. The lowest BCUT2D eigenvalue weighted by Gasteiger charge is -1.34. The first-order valence-corrected chi connectivity index (χ1v) is 1.19. The van der Waals surface area contributed by atoms with Gasteiger partial charge in [0.25, 0.3) is 0 Å². The second-order valence-electron chi connectivity index (χ2n) is 0.235. The normalized spacial score (nSPS) is 3.75. The zero-order valence-electron chi connectivity index (χ0n) is 1.93. The Bertz CT molecular complexity index is 51.5. The van der Waals surface area contributed by atoms with Crippen LogP contribution in [0, 0.1) is 6.57 Å². The van der Waals surface area contributed by atoms with E-state index < -0.39 is 0 Å². The van der Waals surface area contributed by atoms with Gasteiger partial charge in [-0.05, 0) is 0 Å². The van der Waals surface area contributed by atoms with E-state index in [4.69, 9.17) is 6.57 Å². The van der Waals surface area contributed by atoms with Crippen LogP contribution < -0.4 is 0 Å². The number of hydrogen-bond donors (Lipinski definition) is 0. The van der Waals surface area contributed by atoms with Crippen molar-refractivity contribution in [3.8, 4) is 0 Å². The van der Waals surface area contributed by atoms with Crippen molar-refractivity contribution < 1.29 is 0 Å². The molecule has 0 aliphatic heterocycles. The Morgan fingerprint density at radius 3 is 2.25 bits per heavy atom. The van der Waals surface area contributed by atoms with Crippen molar-refractivity contribution in [3.05, 3.63) is 11.4 Å². The third kappa shape index (κ3) is 1.58. The van der Waals surface area contributed by atoms with E-state index in [2.05, 4.69) is 17.1 Å². The van der Waals surface area contributed by atoms with Crippen LogP contribution in [-0.4, -0.2) is 5.49 Å². The molecule has 0 saturated heterocycles. The van der Waals surface area contributed by atoms with Crippen molar-refractivity contribution in [3.63, 3.8) is 0 Å². The Balaban J connectivity index is 2.92. The molecule has 0 aromatic rings. The highest BCUT2D eigenvalue weighted by Gasteiger charge is 1.33. The van der Waals surface area contributed by atoms with Gasteiger partial charge in [-0.2, -0.15) is 0 Å². The summed E-state index contributed by atoms with van der Waals surface area (Å²) in [6.07, 6.45) is 0. The van der Waals surface area contributed by atoms with Gasteiger partial charge in [-0.15, -0.1) is 12.2 Å². The van der Waals surface area contributed by atoms with Gasteiger partial charge in [0, 0.05) is 0 Å². The maximum absolute atomic E-state index is 5.92. The minimum atomic E-state index is 1.00. The minimum absolute atomic E-state index is 1.00. The van der Waals surface area contributed by atoms with Crippen LogP contribution in [0.15, 0.2) is 0 Å². The van der Waals surface area contributed by atoms with Gasteiger partial charge >= 0.3 is 0 Å². The minimum Gasteiger partial charge on any atom is -0.234 e. The first-order chi connectivity index (χ1) is 1.91. The summed E-state index contributed by atoms with van der Waals surface area (Å²) in [7, 11) is 0. The molecule has 4 heavy (non-hydrogen) atoms. The van der Waals surface area contributed by atoms with E-state index in [-0.39, 0.29) is 0 Å². The van der Waals surface area contributed by atoms with E-state index in [9.17, 15) is 0 Å². The monoisotopic (exact) mass is 71.0 g/mol. The molecule has 0 aromatic carbocycles. The van der Waals surface area contributed by atoms with E-state index in [1.165, 1.54) is 0 Å². The third-order valence-corrected chi connectivity index (χ3v) is 0.158. The highest BCUT2D eigenvalue weighted by atomic mass is 32.1. The number of rotatable bonds is 0. The van der Waals surface area contributed by atoms with Gasteiger partial charge in [-0.1, -0.05) is 0 Å². The second kappa shape index (κ2) is 2.58. The molecule has 0 aromatic heterocycles. The van der Waals surface area contributed by atoms with E-state index >= 15 is 0 Å². The Kier molecular flexibility index (Phi) is 2.31. The predicted octanol–water partition coefficient (Wildman–Crippen LogP) is 0.863. The maximum atomic E-state index is 5.92. The molecule has 2 heteroatoms. The third-order valence-electron chi connectivity index (χ3n) is 0.0527. The molecular weight excluding hydrogens is 70.1 g/mol. The smallest absolute Gasteiger partial charge is 0.216 e. The fourth-order valence-electron chi connectivity index (χ4n) is 0. The van der Waals surface area contributed by atoms with Crippen LogP contribution in [0.25, 0.3) is 4.85 Å². The van der Waals surface area contributed by atoms with E-state index in [0.717, 1.165) is 5.49 Å². The molecule has 0 bridgehead atoms. The summed E-state index contributed by atoms with van der Waals surface area (Å²) in [5.74, 6) is 0. The Morgan fingerprint density at radius 1 is 2.00 bits per heavy atom. The zero-order chi connectivity index (χ0) is 3.41. The van der Waals surface area contributed by atoms with Gasteiger partial charge < -0.3 is 0 Å². The van der Waals surface area contributed by atoms with E-state index in [1.807, 2.05) is 0 Å². The molecule has 0 aliphatic rings. The first kappa shape index (κ1) is 3.58. The molecule has 0 amide bonds. The van der Waals surface area contributed by atoms with Gasteiger partial charge in [-0.3, -0.25) is 0 Å². The van der Waals surface area contributed by atoms with E-state index in [0.29, 0.717) is 0 Å². The summed E-state index contributed by atoms with van der Waals surface area (Å²) in [5, 5.41) is 0. The summed E-state index contributed by atoms with van der Waals surface area (Å²) < 4.78 is 0. The van der Waals surface area contributed by atoms with Crippen molar-refractivity contribution >= 4 is 17.7 Å². The lowest BCUT2D eigenvalue weighted by atomic mass is 11.5. The molecule has 20 valence electrons. The highest BCUT2D eigenvalue weighted by molar-refractivity contribution is 7.79. The standard InChI is InChI=1S/C2HNS/c1-3-2-4/h2H. The molecule has 0 unspecified atom stereocenters. The van der Waals surface area contributed by atoms with Crippen molar-refractivity contribution in [2.45, 2.75) is 0 Å². The predicted molar refractivity (Wildman–Crippen MR) is 20.3 cm³/mol. The fourth-order valence-corrected chi connectivity index (χ4v) is 0. The van der Waals surface area contributed by atoms with Gasteiger partial charge in [0.1, 0.15) is 0 Å². The number of thiocarbonyl (C=S) groups is 1. The summed E-state index contributed by atoms with van der Waals surface area (Å²) in [6.45, 7) is 5.92. The van der Waals surface area contributed by atoms with Crippen molar-refractivity contribution in [2.24, 2.45) is 0 Å². The molecule has 0 aliphatic carbocycles. The van der Waals surface area contributed by atoms with Gasteiger partial charge in [0.15, 0.2) is 0 Å². The van der Waals surface area contributed by atoms with Crippen LogP contribution in [0.5, 0.6) is 0 Å². The lowest BCUT2D eigenvalue weighted by molar-refractivity contribution is 2.50. The average Bonchev–Trinajstić information content (AvgIpc) is 1.37. The van der Waals surface area contributed by atoms with Crippen molar-refractivity contribution in [1.82, 2.24) is 0 Å². The van der Waals surface area contributed by atoms with Gasteiger partial charge in [0.05, 0.1) is 6.57 Å². The topological polar surface area (TPSA) is 4.36 Å². The van der Waals surface area contributed by atoms with Crippen LogP contribution in [0.2, 0.25) is 0 Å². The van der Waals surface area contributed by atoms with Crippen LogP contribution in [-0.2, 0) is 0 Å². The average molecular weight is 71.1 g/mol. The SMILES string of the molecule is [C-]#[N+]C=S. The Hall–Kier alpha value is -0.420. The summed E-state index contributed by atoms with van der Waals surface area (Å²) in [4.78, 5) is 2.68. The Labute approximate surface area is 30.1 Å². The highest BCUT2D eigenvalue weighted by Crippen LogP contribution is 1.45. The fraction of sp³-hybridized carbons (Fsp3) is 0. The second-order valence-corrected chi connectivity index (χ2v) is 0.445. The molecule has 0 heterocycles. The van der Waals surface area contributed by atoms with Gasteiger partial charge in [0.2, 0.25) is 5.49 Å². The largest absolute Gasteiger partial charge is 0.234 e. The molecule has 0 spiro atoms. The summed E-state index contributed by atoms with van der Waals surface area (Å²) in [6, 6.07) is 0. The van der Waals surface area contributed by atoms with Crippen LogP contribution >= 0.6 is 12.2 Å². The first-order valence-electron chi connectivity index (χ1n) is 0.718. The molecule has 0 atom stereocenters. The van der Waals surface area contributed by atoms with Crippen molar-refractivity contribution in [1.29, 1.82) is 0 Å². The molecule has 0 fully saturated rings. The summed E-state index contributed by atoms with van der Waals surface area (Å²) >= 11 is 4.07. The number of hydrogen-bond acceptors (Lipinski definition) is 1. The van der Waals surface area contributed by atoms with Crippen LogP contribution in [0.3, 0.4) is 0 Å². The van der Waals surface area contributed by atoms with Gasteiger partial charge in [-0.25, -0.2) is 4.85 Å². The molecular formula is C2HNS. The molecule has 0 radical (unpaired) electrons. The van der Waals surface area contributed by atoms with Crippen LogP contribution in [0.1, 0.15) is 0 Å². The number of nitrogens with zero attached hydrogens (tertiary/aromatic N) is 1. The lowest BCUT2D eigenvalue weighted by Crippen LogP contribution is -1.29. The molecule has 0 saturated carbocycles. The zero-order valence-corrected chi connectivity index (χ0v) is 2.75.